The highest BCUT2D eigenvalue weighted by Crippen LogP contribution is 2.83. The lowest BCUT2D eigenvalue weighted by Crippen LogP contribution is -2.79. The van der Waals surface area contributed by atoms with Gasteiger partial charge in [0.1, 0.15) is 23.0 Å². The predicted octanol–water partition coefficient (Wildman–Crippen LogP) is 8.90. The number of benzene rings is 2. The number of hydrogen-bond acceptors (Lipinski definition) is 6. The molecule has 6 nitrogen and oxygen atoms in total. The summed E-state index contributed by atoms with van der Waals surface area (Å²) in [6.45, 7) is 0. The normalized spacial score (nSPS) is 48.2. The van der Waals surface area contributed by atoms with E-state index in [1.165, 1.54) is 89.9 Å². The lowest BCUT2D eigenvalue weighted by Gasteiger charge is -2.79. The summed E-state index contributed by atoms with van der Waals surface area (Å²) >= 11 is 0. The number of nitrogen functional groups attached to an aromatic ring is 2. The van der Waals surface area contributed by atoms with Gasteiger partial charge in [0.05, 0.1) is 16.8 Å². The van der Waals surface area contributed by atoms with E-state index in [1.54, 1.807) is 12.1 Å². The molecule has 6 N–H and O–H groups in total. The Kier molecular flexibility index (Phi) is 5.75. The van der Waals surface area contributed by atoms with Crippen molar-refractivity contribution >= 4 is 11.4 Å². The average Bonchev–Trinajstić information content (AvgIpc) is 3.02. The van der Waals surface area contributed by atoms with Crippen LogP contribution < -0.4 is 20.9 Å². The van der Waals surface area contributed by atoms with Crippen molar-refractivity contribution in [2.24, 2.45) is 75.4 Å². The van der Waals surface area contributed by atoms with Gasteiger partial charge in [0, 0.05) is 18.1 Å². The summed E-state index contributed by atoms with van der Waals surface area (Å²) in [7, 11) is 0. The van der Waals surface area contributed by atoms with Crippen LogP contribution in [-0.4, -0.2) is 16.0 Å². The zero-order chi connectivity index (χ0) is 32.2. The molecule has 0 radical (unpaired) electrons. The minimum Gasteiger partial charge on any atom is -0.506 e. The SMILES string of the molecule is Nc1cc(OC2(Oc3ccc(O)c(N)c3)C3CC4CC(C3)CC2(C23CC5CC(CC(C5)C2C25CC6CC(CC(C6)C2)C5)C3)C4)ccc1O. The fourth-order valence-corrected chi connectivity index (χ4v) is 17.0. The largest absolute Gasteiger partial charge is 0.506 e. The number of anilines is 2. The van der Waals surface area contributed by atoms with Crippen molar-refractivity contribution in [3.63, 3.8) is 0 Å². The van der Waals surface area contributed by atoms with E-state index in [-0.39, 0.29) is 28.2 Å². The molecule has 48 heavy (non-hydrogen) atoms. The zero-order valence-electron chi connectivity index (χ0n) is 28.4. The van der Waals surface area contributed by atoms with Crippen molar-refractivity contribution in [1.29, 1.82) is 0 Å². The molecule has 5 unspecified atom stereocenters. The number of rotatable bonds is 6. The highest BCUT2D eigenvalue weighted by Gasteiger charge is 2.81. The van der Waals surface area contributed by atoms with E-state index < -0.39 is 5.79 Å². The van der Waals surface area contributed by atoms with E-state index in [9.17, 15) is 10.2 Å². The van der Waals surface area contributed by atoms with Crippen LogP contribution in [-0.2, 0) is 0 Å². The van der Waals surface area contributed by atoms with Gasteiger partial charge in [-0.05, 0) is 191 Å². The highest BCUT2D eigenvalue weighted by molar-refractivity contribution is 5.56. The van der Waals surface area contributed by atoms with Crippen LogP contribution in [0.1, 0.15) is 103 Å². The lowest BCUT2D eigenvalue weighted by atomic mass is 9.27. The predicted molar refractivity (Wildman–Crippen MR) is 185 cm³/mol. The molecule has 12 aliphatic rings. The van der Waals surface area contributed by atoms with Crippen LogP contribution in [0.25, 0.3) is 0 Å². The summed E-state index contributed by atoms with van der Waals surface area (Å²) in [5.41, 5.74) is 13.9. The summed E-state index contributed by atoms with van der Waals surface area (Å²) in [5, 5.41) is 20.9. The highest BCUT2D eigenvalue weighted by atomic mass is 16.7. The topological polar surface area (TPSA) is 111 Å². The molecule has 256 valence electrons. The minimum absolute atomic E-state index is 0.0892. The molecule has 0 aromatic heterocycles. The lowest BCUT2D eigenvalue weighted by molar-refractivity contribution is -0.379. The van der Waals surface area contributed by atoms with E-state index in [0.29, 0.717) is 28.3 Å². The molecule has 0 saturated heterocycles. The number of phenolic OH excluding ortho intramolecular Hbond substituents is 2. The fraction of sp³-hybridized carbons (Fsp3) is 0.714. The third-order valence-corrected chi connectivity index (χ3v) is 16.9. The fourth-order valence-electron chi connectivity index (χ4n) is 17.0. The first-order chi connectivity index (χ1) is 23.1. The Morgan fingerprint density at radius 2 is 0.979 bits per heavy atom. The van der Waals surface area contributed by atoms with Crippen molar-refractivity contribution in [2.75, 3.05) is 11.5 Å². The van der Waals surface area contributed by atoms with Gasteiger partial charge in [-0.15, -0.1) is 0 Å². The third-order valence-electron chi connectivity index (χ3n) is 16.9. The molecule has 12 saturated carbocycles. The van der Waals surface area contributed by atoms with Crippen LogP contribution in [0.4, 0.5) is 11.4 Å². The van der Waals surface area contributed by atoms with Gasteiger partial charge in [-0.2, -0.15) is 0 Å². The Labute approximate surface area is 285 Å². The molecule has 0 spiro atoms. The summed E-state index contributed by atoms with van der Waals surface area (Å²) in [6, 6.07) is 10.8. The maximum absolute atomic E-state index is 10.4. The minimum atomic E-state index is -0.876. The van der Waals surface area contributed by atoms with Crippen LogP contribution in [0.15, 0.2) is 36.4 Å². The van der Waals surface area contributed by atoms with Gasteiger partial charge in [-0.3, -0.25) is 0 Å². The van der Waals surface area contributed by atoms with Crippen LogP contribution in [0, 0.1) is 75.4 Å². The van der Waals surface area contributed by atoms with Gasteiger partial charge in [-0.1, -0.05) is 0 Å². The Hall–Kier alpha value is -2.76. The first kappa shape index (κ1) is 29.0. The van der Waals surface area contributed by atoms with E-state index >= 15 is 0 Å². The third kappa shape index (κ3) is 3.71. The molecule has 2 aromatic carbocycles. The smallest absolute Gasteiger partial charge is 0.260 e. The summed E-state index contributed by atoms with van der Waals surface area (Å²) in [4.78, 5) is 0. The van der Waals surface area contributed by atoms with Crippen molar-refractivity contribution in [1.82, 2.24) is 0 Å². The second kappa shape index (κ2) is 9.51. The van der Waals surface area contributed by atoms with E-state index in [2.05, 4.69) is 0 Å². The Morgan fingerprint density at radius 1 is 0.542 bits per heavy atom. The zero-order valence-corrected chi connectivity index (χ0v) is 28.4. The van der Waals surface area contributed by atoms with E-state index in [0.717, 1.165) is 66.1 Å². The van der Waals surface area contributed by atoms with Crippen LogP contribution in [0.2, 0.25) is 0 Å². The first-order valence-corrected chi connectivity index (χ1v) is 19.7. The molecule has 2 aromatic rings. The van der Waals surface area contributed by atoms with E-state index in [4.69, 9.17) is 20.9 Å². The van der Waals surface area contributed by atoms with Gasteiger partial charge in [0.25, 0.3) is 5.79 Å². The molecule has 14 rings (SSSR count). The molecule has 5 atom stereocenters. The number of hydrogen-bond donors (Lipinski definition) is 4. The molecular formula is C42H54N2O4. The second-order valence-electron chi connectivity index (χ2n) is 19.5. The van der Waals surface area contributed by atoms with E-state index in [1.807, 2.05) is 24.3 Å². The average molecular weight is 651 g/mol. The quantitative estimate of drug-likeness (QED) is 0.141. The van der Waals surface area contributed by atoms with Gasteiger partial charge >= 0.3 is 0 Å². The maximum Gasteiger partial charge on any atom is 0.260 e. The number of nitrogens with two attached hydrogens (primary N) is 2. The van der Waals surface area contributed by atoms with Crippen molar-refractivity contribution < 1.29 is 19.7 Å². The maximum atomic E-state index is 10.4. The Balaban J connectivity index is 1.14. The van der Waals surface area contributed by atoms with Gasteiger partial charge in [0.2, 0.25) is 0 Å². The molecule has 12 fully saturated rings. The van der Waals surface area contributed by atoms with Gasteiger partial charge < -0.3 is 31.2 Å². The molecular weight excluding hydrogens is 596 g/mol. The molecule has 0 amide bonds. The Bertz CT molecular complexity index is 1550. The molecule has 6 heteroatoms. The van der Waals surface area contributed by atoms with Gasteiger partial charge in [0.15, 0.2) is 0 Å². The molecule has 12 bridgehead atoms. The standard InChI is InChI=1S/C42H54N2O4/c43-34-14-32(1-3-36(34)45)47-42(48-33-2-4-37(46)35(44)15-33)31-12-28-9-29(13-31)22-41(42,21-28)40-19-26-8-27(20-40)11-30(10-26)38(40)39-16-23-5-24(17-39)7-25(6-23)18-39/h1-4,14-15,23-31,38,45-46H,5-13,16-22,43-44H2. The van der Waals surface area contributed by atoms with Crippen LogP contribution in [0.5, 0.6) is 23.0 Å². The number of aromatic hydroxyl groups is 2. The number of ether oxygens (including phenoxy) is 2. The first-order valence-electron chi connectivity index (χ1n) is 19.7. The number of phenols is 2. The summed E-state index contributed by atoms with van der Waals surface area (Å²) in [6.07, 6.45) is 21.9. The van der Waals surface area contributed by atoms with Crippen molar-refractivity contribution in [2.45, 2.75) is 109 Å². The molecule has 0 heterocycles. The monoisotopic (exact) mass is 650 g/mol. The van der Waals surface area contributed by atoms with Gasteiger partial charge in [-0.25, -0.2) is 0 Å². The molecule has 0 aliphatic heterocycles. The van der Waals surface area contributed by atoms with Crippen molar-refractivity contribution in [3.8, 4) is 23.0 Å². The Morgan fingerprint density at radius 3 is 1.44 bits per heavy atom. The summed E-state index contributed by atoms with van der Waals surface area (Å²) < 4.78 is 15.3. The van der Waals surface area contributed by atoms with Crippen molar-refractivity contribution in [3.05, 3.63) is 36.4 Å². The van der Waals surface area contributed by atoms with Crippen LogP contribution >= 0.6 is 0 Å². The summed E-state index contributed by atoms with van der Waals surface area (Å²) in [5.74, 6) is 8.48. The molecule has 12 aliphatic carbocycles. The second-order valence-corrected chi connectivity index (χ2v) is 19.5. The van der Waals surface area contributed by atoms with Crippen LogP contribution in [0.3, 0.4) is 0 Å².